The van der Waals surface area contributed by atoms with Crippen molar-refractivity contribution >= 4 is 28.3 Å². The quantitative estimate of drug-likeness (QED) is 0.608. The Morgan fingerprint density at radius 1 is 0.964 bits per heavy atom. The number of hydrogen-bond acceptors (Lipinski definition) is 4. The lowest BCUT2D eigenvalue weighted by molar-refractivity contribution is -0.131. The van der Waals surface area contributed by atoms with Gasteiger partial charge in [-0.25, -0.2) is 13.1 Å². The first-order valence-corrected chi connectivity index (χ1v) is 10.5. The van der Waals surface area contributed by atoms with Gasteiger partial charge in [0, 0.05) is 26.1 Å². The molecule has 0 aromatic heterocycles. The lowest BCUT2D eigenvalue weighted by Gasteiger charge is -2.22. The summed E-state index contributed by atoms with van der Waals surface area (Å²) in [5.74, 6) is 0.0586. The van der Waals surface area contributed by atoms with Crippen molar-refractivity contribution in [1.82, 2.24) is 9.62 Å². The van der Waals surface area contributed by atoms with E-state index in [4.69, 9.17) is 5.73 Å². The maximum absolute atomic E-state index is 12.6. The number of carbonyl (C=O) groups excluding carboxylic acids is 1. The summed E-state index contributed by atoms with van der Waals surface area (Å²) in [4.78, 5) is 14.6. The van der Waals surface area contributed by atoms with Gasteiger partial charge >= 0.3 is 0 Å². The van der Waals surface area contributed by atoms with Gasteiger partial charge in [0.05, 0.1) is 4.90 Å². The van der Waals surface area contributed by atoms with E-state index in [1.165, 1.54) is 12.6 Å². The predicted octanol–water partition coefficient (Wildman–Crippen LogP) is 1.98. The number of amides is 1. The van der Waals surface area contributed by atoms with Crippen molar-refractivity contribution < 1.29 is 13.2 Å². The molecular weight excluding hydrogens is 398 g/mol. The molecule has 0 fully saturated rings. The van der Waals surface area contributed by atoms with Crippen molar-refractivity contribution in [1.29, 1.82) is 0 Å². The topological polar surface area (TPSA) is 92.5 Å². The minimum absolute atomic E-state index is 0. The van der Waals surface area contributed by atoms with E-state index in [9.17, 15) is 13.2 Å². The largest absolute Gasteiger partial charge is 0.341 e. The van der Waals surface area contributed by atoms with Gasteiger partial charge in [0.1, 0.15) is 0 Å². The van der Waals surface area contributed by atoms with Crippen LogP contribution < -0.4 is 10.5 Å². The smallest absolute Gasteiger partial charge is 0.240 e. The van der Waals surface area contributed by atoms with Crippen molar-refractivity contribution in [2.75, 3.05) is 26.7 Å². The van der Waals surface area contributed by atoms with Crippen LogP contribution in [0.3, 0.4) is 0 Å². The van der Waals surface area contributed by atoms with Crippen LogP contribution in [-0.4, -0.2) is 45.9 Å². The molecular formula is C20H28ClN3O3S. The summed E-state index contributed by atoms with van der Waals surface area (Å²) in [6.45, 7) is 1.60. The van der Waals surface area contributed by atoms with Gasteiger partial charge in [0.2, 0.25) is 15.9 Å². The van der Waals surface area contributed by atoms with E-state index in [0.717, 1.165) is 12.0 Å². The monoisotopic (exact) mass is 425 g/mol. The summed E-state index contributed by atoms with van der Waals surface area (Å²) < 4.78 is 25.8. The van der Waals surface area contributed by atoms with Gasteiger partial charge in [-0.1, -0.05) is 42.5 Å². The molecule has 0 heterocycles. The second kappa shape index (κ2) is 11.8. The minimum atomic E-state index is -3.44. The Balaban J connectivity index is 0.00000392. The molecule has 0 aliphatic heterocycles. The molecule has 0 spiro atoms. The molecule has 0 saturated carbocycles. The number of benzene rings is 2. The zero-order valence-corrected chi connectivity index (χ0v) is 17.6. The highest BCUT2D eigenvalue weighted by Gasteiger charge is 2.14. The molecule has 28 heavy (non-hydrogen) atoms. The second-order valence-electron chi connectivity index (χ2n) is 6.26. The summed E-state index contributed by atoms with van der Waals surface area (Å²) in [5, 5.41) is 0. The standard InChI is InChI=1S/C20H27N3O3S.ClH/c1-22-27(25,26)19-10-7-18(8-11-19)9-12-20(24)23(16-14-21)15-13-17-5-3-2-4-6-17;/h2-8,10-11,22H,9,12-16,21H2,1H3;1H. The molecule has 0 aliphatic carbocycles. The van der Waals surface area contributed by atoms with Crippen molar-refractivity contribution in [3.63, 3.8) is 0 Å². The van der Waals surface area contributed by atoms with Crippen LogP contribution in [0.5, 0.6) is 0 Å². The number of sulfonamides is 1. The number of rotatable bonds is 10. The Hall–Kier alpha value is -1.93. The fourth-order valence-electron chi connectivity index (χ4n) is 2.79. The molecule has 6 nitrogen and oxygen atoms in total. The molecule has 0 radical (unpaired) electrons. The third-order valence-corrected chi connectivity index (χ3v) is 5.83. The van der Waals surface area contributed by atoms with Crippen LogP contribution in [0.4, 0.5) is 0 Å². The van der Waals surface area contributed by atoms with Crippen molar-refractivity contribution in [3.8, 4) is 0 Å². The first-order chi connectivity index (χ1) is 13.0. The van der Waals surface area contributed by atoms with Crippen molar-refractivity contribution in [3.05, 3.63) is 65.7 Å². The summed E-state index contributed by atoms with van der Waals surface area (Å²) in [6.07, 6.45) is 1.72. The van der Waals surface area contributed by atoms with Gasteiger partial charge in [0.15, 0.2) is 0 Å². The van der Waals surface area contributed by atoms with E-state index in [1.54, 1.807) is 29.2 Å². The lowest BCUT2D eigenvalue weighted by Crippen LogP contribution is -2.37. The molecule has 2 aromatic rings. The second-order valence-corrected chi connectivity index (χ2v) is 8.14. The highest BCUT2D eigenvalue weighted by atomic mass is 35.5. The number of aryl methyl sites for hydroxylation is 1. The molecule has 0 bridgehead atoms. The fraction of sp³-hybridized carbons (Fsp3) is 0.350. The molecule has 1 amide bonds. The maximum atomic E-state index is 12.6. The van der Waals surface area contributed by atoms with E-state index < -0.39 is 10.0 Å². The number of nitrogens with zero attached hydrogens (tertiary/aromatic N) is 1. The highest BCUT2D eigenvalue weighted by molar-refractivity contribution is 7.89. The van der Waals surface area contributed by atoms with Gasteiger partial charge in [-0.2, -0.15) is 0 Å². The number of nitrogens with two attached hydrogens (primary N) is 1. The van der Waals surface area contributed by atoms with Gasteiger partial charge in [-0.15, -0.1) is 12.4 Å². The summed E-state index contributed by atoms with van der Waals surface area (Å²) in [6, 6.07) is 16.6. The van der Waals surface area contributed by atoms with Crippen LogP contribution in [0.15, 0.2) is 59.5 Å². The van der Waals surface area contributed by atoms with Crippen LogP contribution in [0.1, 0.15) is 17.5 Å². The summed E-state index contributed by atoms with van der Waals surface area (Å²) in [5.41, 5.74) is 7.77. The zero-order chi connectivity index (χ0) is 19.7. The van der Waals surface area contributed by atoms with Crippen molar-refractivity contribution in [2.45, 2.75) is 24.2 Å². The fourth-order valence-corrected chi connectivity index (χ4v) is 3.52. The molecule has 2 rings (SSSR count). The normalized spacial score (nSPS) is 10.9. The average molecular weight is 426 g/mol. The van der Waals surface area contributed by atoms with E-state index >= 15 is 0 Å². The third-order valence-electron chi connectivity index (χ3n) is 4.39. The van der Waals surface area contributed by atoms with Crippen LogP contribution >= 0.6 is 12.4 Å². The Bertz CT molecular complexity index is 828. The molecule has 0 saturated heterocycles. The molecule has 0 atom stereocenters. The third kappa shape index (κ3) is 7.24. The number of hydrogen-bond donors (Lipinski definition) is 2. The van der Waals surface area contributed by atoms with E-state index in [1.807, 2.05) is 30.3 Å². The maximum Gasteiger partial charge on any atom is 0.240 e. The molecule has 8 heteroatoms. The first-order valence-electron chi connectivity index (χ1n) is 9.00. The number of carbonyl (C=O) groups is 1. The molecule has 2 aromatic carbocycles. The van der Waals surface area contributed by atoms with Crippen LogP contribution in [0, 0.1) is 0 Å². The summed E-state index contributed by atoms with van der Waals surface area (Å²) >= 11 is 0. The van der Waals surface area contributed by atoms with Crippen LogP contribution in [-0.2, 0) is 27.7 Å². The first kappa shape index (κ1) is 24.1. The minimum Gasteiger partial charge on any atom is -0.341 e. The van der Waals surface area contributed by atoms with Gasteiger partial charge in [0.25, 0.3) is 0 Å². The molecule has 0 aliphatic rings. The number of nitrogens with one attached hydrogen (secondary N) is 1. The molecule has 3 N–H and O–H groups in total. The number of halogens is 1. The zero-order valence-electron chi connectivity index (χ0n) is 16.0. The highest BCUT2D eigenvalue weighted by Crippen LogP contribution is 2.12. The van der Waals surface area contributed by atoms with Gasteiger partial charge < -0.3 is 10.6 Å². The molecule has 154 valence electrons. The Kier molecular flexibility index (Phi) is 10.2. The van der Waals surface area contributed by atoms with E-state index in [2.05, 4.69) is 4.72 Å². The van der Waals surface area contributed by atoms with Crippen molar-refractivity contribution in [2.24, 2.45) is 5.73 Å². The summed E-state index contributed by atoms with van der Waals surface area (Å²) in [7, 11) is -2.06. The van der Waals surface area contributed by atoms with Gasteiger partial charge in [-0.05, 0) is 43.1 Å². The van der Waals surface area contributed by atoms with Crippen LogP contribution in [0.25, 0.3) is 0 Å². The van der Waals surface area contributed by atoms with E-state index in [0.29, 0.717) is 32.5 Å². The predicted molar refractivity (Wildman–Crippen MR) is 114 cm³/mol. The van der Waals surface area contributed by atoms with Gasteiger partial charge in [-0.3, -0.25) is 4.79 Å². The van der Waals surface area contributed by atoms with Crippen LogP contribution in [0.2, 0.25) is 0 Å². The Labute approximate surface area is 173 Å². The van der Waals surface area contributed by atoms with E-state index in [-0.39, 0.29) is 23.2 Å². The average Bonchev–Trinajstić information content (AvgIpc) is 2.70. The lowest BCUT2D eigenvalue weighted by atomic mass is 10.1. The Morgan fingerprint density at radius 3 is 2.14 bits per heavy atom. The Morgan fingerprint density at radius 2 is 1.57 bits per heavy atom. The SMILES string of the molecule is CNS(=O)(=O)c1ccc(CCC(=O)N(CCN)CCc2ccccc2)cc1.Cl. The molecule has 0 unspecified atom stereocenters.